The van der Waals surface area contributed by atoms with E-state index in [1.807, 2.05) is 11.8 Å². The summed E-state index contributed by atoms with van der Waals surface area (Å²) in [5, 5.41) is 16.9. The van der Waals surface area contributed by atoms with Gasteiger partial charge in [-0.15, -0.1) is 0 Å². The van der Waals surface area contributed by atoms with Crippen LogP contribution in [0.4, 0.5) is 17.1 Å². The zero-order valence-corrected chi connectivity index (χ0v) is 16.7. The van der Waals surface area contributed by atoms with Gasteiger partial charge in [0.25, 0.3) is 17.5 Å². The van der Waals surface area contributed by atoms with Crippen LogP contribution in [0.1, 0.15) is 30.1 Å². The van der Waals surface area contributed by atoms with Crippen LogP contribution >= 0.6 is 0 Å². The first-order valence-corrected chi connectivity index (χ1v) is 9.82. The summed E-state index contributed by atoms with van der Waals surface area (Å²) < 4.78 is 5.36. The SMILES string of the molecule is CCNC(=O)COc1ccc(NC(=O)c2ccc(N3CCCC3)c([N+](=O)[O-])c2)cc1. The molecular weight excluding hydrogens is 388 g/mol. The van der Waals surface area contributed by atoms with Crippen molar-refractivity contribution >= 4 is 28.9 Å². The minimum absolute atomic E-state index is 0.0707. The maximum Gasteiger partial charge on any atom is 0.293 e. The molecule has 2 aromatic rings. The Labute approximate surface area is 174 Å². The van der Waals surface area contributed by atoms with Gasteiger partial charge >= 0.3 is 0 Å². The number of nitrogens with one attached hydrogen (secondary N) is 2. The Morgan fingerprint density at radius 3 is 2.47 bits per heavy atom. The maximum atomic E-state index is 12.6. The Morgan fingerprint density at radius 2 is 1.83 bits per heavy atom. The van der Waals surface area contributed by atoms with E-state index in [0.717, 1.165) is 25.9 Å². The van der Waals surface area contributed by atoms with Gasteiger partial charge in [0.2, 0.25) is 0 Å². The summed E-state index contributed by atoms with van der Waals surface area (Å²) >= 11 is 0. The number of anilines is 2. The van der Waals surface area contributed by atoms with Crippen molar-refractivity contribution in [3.63, 3.8) is 0 Å². The van der Waals surface area contributed by atoms with Gasteiger partial charge in [-0.1, -0.05) is 0 Å². The number of nitro groups is 1. The molecule has 1 fully saturated rings. The lowest BCUT2D eigenvalue weighted by atomic mass is 10.1. The van der Waals surface area contributed by atoms with E-state index in [9.17, 15) is 19.7 Å². The van der Waals surface area contributed by atoms with Crippen LogP contribution in [0.25, 0.3) is 0 Å². The zero-order valence-electron chi connectivity index (χ0n) is 16.7. The number of likely N-dealkylation sites (N-methyl/N-ethyl adjacent to an activating group) is 1. The van der Waals surface area contributed by atoms with Crippen LogP contribution in [0.5, 0.6) is 5.75 Å². The smallest absolute Gasteiger partial charge is 0.293 e. The van der Waals surface area contributed by atoms with Crippen LogP contribution in [0.15, 0.2) is 42.5 Å². The summed E-state index contributed by atoms with van der Waals surface area (Å²) in [6.07, 6.45) is 2.00. The summed E-state index contributed by atoms with van der Waals surface area (Å²) in [7, 11) is 0. The van der Waals surface area contributed by atoms with Crippen LogP contribution in [-0.4, -0.2) is 43.0 Å². The molecule has 0 radical (unpaired) electrons. The van der Waals surface area contributed by atoms with Gasteiger partial charge in [-0.05, 0) is 56.2 Å². The van der Waals surface area contributed by atoms with Crippen molar-refractivity contribution in [2.24, 2.45) is 0 Å². The predicted molar refractivity (Wildman–Crippen MR) is 113 cm³/mol. The van der Waals surface area contributed by atoms with Crippen LogP contribution < -0.4 is 20.3 Å². The Morgan fingerprint density at radius 1 is 1.13 bits per heavy atom. The highest BCUT2D eigenvalue weighted by Crippen LogP contribution is 2.32. The van der Waals surface area contributed by atoms with Gasteiger partial charge in [0, 0.05) is 37.0 Å². The molecule has 9 heteroatoms. The summed E-state index contributed by atoms with van der Waals surface area (Å²) in [5.74, 6) is -0.166. The number of benzene rings is 2. The Bertz CT molecular complexity index is 923. The standard InChI is InChI=1S/C21H24N4O5/c1-2-22-20(26)14-30-17-8-6-16(7-9-17)23-21(27)15-5-10-18(19(13-15)25(28)29)24-11-3-4-12-24/h5-10,13H,2-4,11-12,14H2,1H3,(H,22,26)(H,23,27). The first kappa shape index (κ1) is 21.1. The van der Waals surface area contributed by atoms with Gasteiger partial charge in [0.05, 0.1) is 4.92 Å². The lowest BCUT2D eigenvalue weighted by Gasteiger charge is -2.17. The Hall–Kier alpha value is -3.62. The second-order valence-corrected chi connectivity index (χ2v) is 6.88. The third-order valence-electron chi connectivity index (χ3n) is 4.74. The summed E-state index contributed by atoms with van der Waals surface area (Å²) in [5.41, 5.74) is 1.19. The van der Waals surface area contributed by atoms with E-state index in [-0.39, 0.29) is 23.8 Å². The van der Waals surface area contributed by atoms with Crippen molar-refractivity contribution in [2.45, 2.75) is 19.8 Å². The number of carbonyl (C=O) groups is 2. The predicted octanol–water partition coefficient (Wildman–Crippen LogP) is 2.96. The topological polar surface area (TPSA) is 114 Å². The molecule has 0 saturated carbocycles. The molecule has 1 aliphatic rings. The fourth-order valence-corrected chi connectivity index (χ4v) is 3.27. The molecule has 158 valence electrons. The quantitative estimate of drug-likeness (QED) is 0.509. The number of amides is 2. The monoisotopic (exact) mass is 412 g/mol. The van der Waals surface area contributed by atoms with Gasteiger partial charge in [-0.2, -0.15) is 0 Å². The van der Waals surface area contributed by atoms with E-state index in [0.29, 0.717) is 23.7 Å². The summed E-state index contributed by atoms with van der Waals surface area (Å²) in [6, 6.07) is 11.1. The van der Waals surface area contributed by atoms with Crippen molar-refractivity contribution in [2.75, 3.05) is 36.5 Å². The average molecular weight is 412 g/mol. The molecule has 2 amide bonds. The minimum Gasteiger partial charge on any atom is -0.484 e. The molecule has 2 N–H and O–H groups in total. The maximum absolute atomic E-state index is 12.6. The number of rotatable bonds is 8. The molecule has 0 bridgehead atoms. The highest BCUT2D eigenvalue weighted by molar-refractivity contribution is 6.05. The van der Waals surface area contributed by atoms with Gasteiger partial charge in [-0.25, -0.2) is 0 Å². The third-order valence-corrected chi connectivity index (χ3v) is 4.74. The first-order valence-electron chi connectivity index (χ1n) is 9.82. The fourth-order valence-electron chi connectivity index (χ4n) is 3.27. The van der Waals surface area contributed by atoms with Crippen LogP contribution in [-0.2, 0) is 4.79 Å². The zero-order chi connectivity index (χ0) is 21.5. The lowest BCUT2D eigenvalue weighted by molar-refractivity contribution is -0.384. The second-order valence-electron chi connectivity index (χ2n) is 6.88. The fraction of sp³-hybridized carbons (Fsp3) is 0.333. The molecule has 0 aromatic heterocycles. The molecule has 0 unspecified atom stereocenters. The van der Waals surface area contributed by atoms with Gasteiger partial charge in [0.15, 0.2) is 6.61 Å². The van der Waals surface area contributed by atoms with Crippen molar-refractivity contribution in [1.29, 1.82) is 0 Å². The summed E-state index contributed by atoms with van der Waals surface area (Å²) in [6.45, 7) is 3.82. The van der Waals surface area contributed by atoms with Crippen molar-refractivity contribution in [3.8, 4) is 5.75 Å². The number of carbonyl (C=O) groups excluding carboxylic acids is 2. The molecular formula is C21H24N4O5. The molecule has 30 heavy (non-hydrogen) atoms. The van der Waals surface area contributed by atoms with Crippen LogP contribution in [0.2, 0.25) is 0 Å². The van der Waals surface area contributed by atoms with E-state index in [2.05, 4.69) is 10.6 Å². The Balaban J connectivity index is 1.66. The normalized spacial score (nSPS) is 13.0. The first-order chi connectivity index (χ1) is 14.5. The molecule has 1 heterocycles. The highest BCUT2D eigenvalue weighted by atomic mass is 16.6. The van der Waals surface area contributed by atoms with E-state index < -0.39 is 10.8 Å². The number of nitro benzene ring substituents is 1. The molecule has 0 aliphatic carbocycles. The number of nitrogens with zero attached hydrogens (tertiary/aromatic N) is 2. The lowest BCUT2D eigenvalue weighted by Crippen LogP contribution is -2.28. The molecule has 3 rings (SSSR count). The number of hydrogen-bond donors (Lipinski definition) is 2. The third kappa shape index (κ3) is 5.25. The van der Waals surface area contributed by atoms with Gasteiger partial charge in [-0.3, -0.25) is 19.7 Å². The molecule has 0 atom stereocenters. The minimum atomic E-state index is -0.453. The van der Waals surface area contributed by atoms with Crippen molar-refractivity contribution < 1.29 is 19.2 Å². The molecule has 1 aliphatic heterocycles. The van der Waals surface area contributed by atoms with E-state index in [1.54, 1.807) is 36.4 Å². The van der Waals surface area contributed by atoms with Crippen molar-refractivity contribution in [1.82, 2.24) is 5.32 Å². The van der Waals surface area contributed by atoms with Gasteiger partial charge < -0.3 is 20.3 Å². The average Bonchev–Trinajstić information content (AvgIpc) is 3.27. The molecule has 9 nitrogen and oxygen atoms in total. The molecule has 2 aromatic carbocycles. The Kier molecular flexibility index (Phi) is 6.84. The molecule has 0 spiro atoms. The van der Waals surface area contributed by atoms with E-state index in [4.69, 9.17) is 4.74 Å². The number of ether oxygens (including phenoxy) is 1. The summed E-state index contributed by atoms with van der Waals surface area (Å²) in [4.78, 5) is 37.0. The number of hydrogen-bond acceptors (Lipinski definition) is 6. The molecule has 1 saturated heterocycles. The van der Waals surface area contributed by atoms with Crippen LogP contribution in [0.3, 0.4) is 0 Å². The largest absolute Gasteiger partial charge is 0.484 e. The second kappa shape index (κ2) is 9.73. The van der Waals surface area contributed by atoms with Crippen LogP contribution in [0, 0.1) is 10.1 Å². The van der Waals surface area contributed by atoms with Gasteiger partial charge in [0.1, 0.15) is 11.4 Å². The highest BCUT2D eigenvalue weighted by Gasteiger charge is 2.23. The van der Waals surface area contributed by atoms with Crippen molar-refractivity contribution in [3.05, 3.63) is 58.1 Å². The van der Waals surface area contributed by atoms with E-state index >= 15 is 0 Å². The van der Waals surface area contributed by atoms with E-state index in [1.165, 1.54) is 6.07 Å².